The zero-order valence-electron chi connectivity index (χ0n) is 9.04. The Labute approximate surface area is 112 Å². The molecule has 1 aromatic carbocycles. The smallest absolute Gasteiger partial charge is 0.388 e. The SMILES string of the molecule is CCO[P@](=O)(CI)Oc1ccc([N+](=O)[O-])cc1. The van der Waals surface area contributed by atoms with E-state index >= 15 is 0 Å². The van der Waals surface area contributed by atoms with Crippen LogP contribution >= 0.6 is 30.2 Å². The van der Waals surface area contributed by atoms with E-state index < -0.39 is 12.5 Å². The lowest BCUT2D eigenvalue weighted by Crippen LogP contribution is -1.99. The summed E-state index contributed by atoms with van der Waals surface area (Å²) in [5.74, 6) is 0.295. The molecule has 0 heterocycles. The molecule has 0 aliphatic heterocycles. The number of nitro benzene ring substituents is 1. The van der Waals surface area contributed by atoms with E-state index in [1.165, 1.54) is 24.3 Å². The molecule has 0 N–H and O–H groups in total. The van der Waals surface area contributed by atoms with E-state index in [-0.39, 0.29) is 16.5 Å². The van der Waals surface area contributed by atoms with Crippen LogP contribution < -0.4 is 4.52 Å². The molecule has 94 valence electrons. The average Bonchev–Trinajstić information content (AvgIpc) is 2.30. The first-order chi connectivity index (χ1) is 8.00. The van der Waals surface area contributed by atoms with E-state index in [9.17, 15) is 14.7 Å². The Morgan fingerprint density at radius 1 is 1.41 bits per heavy atom. The van der Waals surface area contributed by atoms with Crippen molar-refractivity contribution in [2.75, 3.05) is 10.8 Å². The number of nitrogens with zero attached hydrogens (tertiary/aromatic N) is 1. The lowest BCUT2D eigenvalue weighted by Gasteiger charge is -2.15. The quantitative estimate of drug-likeness (QED) is 0.251. The monoisotopic (exact) mass is 371 g/mol. The summed E-state index contributed by atoms with van der Waals surface area (Å²) in [7, 11) is -3.14. The zero-order valence-corrected chi connectivity index (χ0v) is 12.1. The van der Waals surface area contributed by atoms with Gasteiger partial charge in [0.05, 0.1) is 11.5 Å². The second-order valence-electron chi connectivity index (χ2n) is 2.99. The summed E-state index contributed by atoms with van der Waals surface area (Å²) in [5, 5.41) is 10.4. The highest BCUT2D eigenvalue weighted by Crippen LogP contribution is 2.49. The third-order valence-corrected chi connectivity index (χ3v) is 5.70. The number of benzene rings is 1. The van der Waals surface area contributed by atoms with Crippen molar-refractivity contribution in [3.63, 3.8) is 0 Å². The van der Waals surface area contributed by atoms with Crippen molar-refractivity contribution in [2.45, 2.75) is 6.92 Å². The zero-order chi connectivity index (χ0) is 12.9. The maximum atomic E-state index is 12.0. The summed E-state index contributed by atoms with van der Waals surface area (Å²) < 4.78 is 22.5. The van der Waals surface area contributed by atoms with Crippen molar-refractivity contribution in [2.24, 2.45) is 0 Å². The largest absolute Gasteiger partial charge is 0.424 e. The first-order valence-electron chi connectivity index (χ1n) is 4.74. The molecule has 0 aliphatic rings. The summed E-state index contributed by atoms with van der Waals surface area (Å²) >= 11 is 1.91. The second kappa shape index (κ2) is 6.32. The van der Waals surface area contributed by atoms with Crippen LogP contribution in [0.2, 0.25) is 0 Å². The second-order valence-corrected chi connectivity index (χ2v) is 6.94. The van der Waals surface area contributed by atoms with Crippen molar-refractivity contribution in [1.82, 2.24) is 0 Å². The Kier molecular flexibility index (Phi) is 5.35. The fraction of sp³-hybridized carbons (Fsp3) is 0.333. The number of halogens is 1. The van der Waals surface area contributed by atoms with Crippen LogP contribution in [0.15, 0.2) is 24.3 Å². The summed E-state index contributed by atoms with van der Waals surface area (Å²) in [4.78, 5) is 9.93. The van der Waals surface area contributed by atoms with Gasteiger partial charge in [-0.05, 0) is 19.1 Å². The Balaban J connectivity index is 2.81. The standard InChI is InChI=1S/C9H11INO5P/c1-2-15-17(14,7-10)16-9-5-3-8(4-6-9)11(12)13/h3-6H,2,7H2,1H3/t17-/m1/s1. The number of non-ortho nitro benzene ring substituents is 1. The van der Waals surface area contributed by atoms with Gasteiger partial charge < -0.3 is 4.52 Å². The Hall–Kier alpha value is -0.660. The molecule has 0 spiro atoms. The molecule has 1 atom stereocenters. The van der Waals surface area contributed by atoms with E-state index in [2.05, 4.69) is 0 Å². The van der Waals surface area contributed by atoms with E-state index in [1.807, 2.05) is 22.6 Å². The molecule has 0 aromatic heterocycles. The van der Waals surface area contributed by atoms with E-state index in [1.54, 1.807) is 6.92 Å². The number of hydrogen-bond donors (Lipinski definition) is 0. The van der Waals surface area contributed by atoms with Gasteiger partial charge in [0.2, 0.25) is 0 Å². The van der Waals surface area contributed by atoms with Crippen LogP contribution in [0, 0.1) is 10.1 Å². The molecule has 0 fully saturated rings. The molecular weight excluding hydrogens is 360 g/mol. The Morgan fingerprint density at radius 2 is 2.00 bits per heavy atom. The minimum Gasteiger partial charge on any atom is -0.424 e. The third kappa shape index (κ3) is 4.25. The van der Waals surface area contributed by atoms with Gasteiger partial charge >= 0.3 is 7.60 Å². The van der Waals surface area contributed by atoms with Crippen molar-refractivity contribution in [1.29, 1.82) is 0 Å². The van der Waals surface area contributed by atoms with Gasteiger partial charge in [-0.25, -0.2) is 4.57 Å². The lowest BCUT2D eigenvalue weighted by molar-refractivity contribution is -0.384. The fourth-order valence-corrected chi connectivity index (χ4v) is 3.09. The van der Waals surface area contributed by atoms with Crippen molar-refractivity contribution >= 4 is 35.9 Å². The highest BCUT2D eigenvalue weighted by atomic mass is 127. The van der Waals surface area contributed by atoms with Crippen LogP contribution in [0.5, 0.6) is 5.75 Å². The van der Waals surface area contributed by atoms with Gasteiger partial charge in [-0.1, -0.05) is 22.6 Å². The minimum atomic E-state index is -3.14. The maximum Gasteiger partial charge on any atom is 0.388 e. The van der Waals surface area contributed by atoms with Crippen LogP contribution in [-0.4, -0.2) is 15.7 Å². The van der Waals surface area contributed by atoms with Gasteiger partial charge in [-0.3, -0.25) is 14.6 Å². The van der Waals surface area contributed by atoms with Crippen molar-refractivity contribution < 1.29 is 18.5 Å². The molecule has 6 nitrogen and oxygen atoms in total. The van der Waals surface area contributed by atoms with Crippen LogP contribution in [0.1, 0.15) is 6.92 Å². The number of nitro groups is 1. The molecule has 0 aliphatic carbocycles. The highest BCUT2D eigenvalue weighted by Gasteiger charge is 2.24. The molecule has 1 rings (SSSR count). The first-order valence-corrected chi connectivity index (χ1v) is 7.99. The molecule has 0 saturated heterocycles. The Bertz CT molecular complexity index is 436. The molecule has 1 aromatic rings. The van der Waals surface area contributed by atoms with Crippen LogP contribution in [0.25, 0.3) is 0 Å². The fourth-order valence-electron chi connectivity index (χ4n) is 1.07. The number of rotatable bonds is 6. The van der Waals surface area contributed by atoms with E-state index in [0.717, 1.165) is 0 Å². The molecule has 17 heavy (non-hydrogen) atoms. The molecule has 0 unspecified atom stereocenters. The normalized spacial score (nSPS) is 14.0. The van der Waals surface area contributed by atoms with Crippen LogP contribution in [0.3, 0.4) is 0 Å². The van der Waals surface area contributed by atoms with Gasteiger partial charge in [0.25, 0.3) is 5.69 Å². The van der Waals surface area contributed by atoms with E-state index in [0.29, 0.717) is 5.75 Å². The maximum absolute atomic E-state index is 12.0. The average molecular weight is 371 g/mol. The van der Waals surface area contributed by atoms with Crippen LogP contribution in [-0.2, 0) is 9.09 Å². The predicted octanol–water partition coefficient (Wildman–Crippen LogP) is 3.60. The molecular formula is C9H11INO5P. The summed E-state index contributed by atoms with van der Waals surface area (Å²) in [6.07, 6.45) is 0. The van der Waals surface area contributed by atoms with Crippen molar-refractivity contribution in [3.8, 4) is 5.75 Å². The topological polar surface area (TPSA) is 78.7 Å². The van der Waals surface area contributed by atoms with Crippen LogP contribution in [0.4, 0.5) is 5.69 Å². The minimum absolute atomic E-state index is 0.0435. The molecule has 0 radical (unpaired) electrons. The van der Waals surface area contributed by atoms with Gasteiger partial charge in [0.15, 0.2) is 0 Å². The third-order valence-electron chi connectivity index (χ3n) is 1.76. The predicted molar refractivity (Wildman–Crippen MR) is 71.8 cm³/mol. The van der Waals surface area contributed by atoms with E-state index in [4.69, 9.17) is 9.05 Å². The van der Waals surface area contributed by atoms with Gasteiger partial charge in [0, 0.05) is 12.1 Å². The molecule has 8 heteroatoms. The molecule has 0 bridgehead atoms. The summed E-state index contributed by atoms with van der Waals surface area (Å²) in [5.41, 5.74) is -0.0435. The number of alkyl halides is 1. The van der Waals surface area contributed by atoms with Gasteiger partial charge in [-0.15, -0.1) is 0 Å². The summed E-state index contributed by atoms with van der Waals surface area (Å²) in [6.45, 7) is 2.01. The first kappa shape index (κ1) is 14.4. The highest BCUT2D eigenvalue weighted by molar-refractivity contribution is 14.1. The van der Waals surface area contributed by atoms with Crippen molar-refractivity contribution in [3.05, 3.63) is 34.4 Å². The lowest BCUT2D eigenvalue weighted by atomic mass is 10.3. The van der Waals surface area contributed by atoms with Gasteiger partial charge in [0.1, 0.15) is 9.92 Å². The summed E-state index contributed by atoms with van der Waals surface area (Å²) in [6, 6.07) is 5.38. The number of hydrogen-bond acceptors (Lipinski definition) is 5. The Morgan fingerprint density at radius 3 is 2.41 bits per heavy atom. The molecule has 0 amide bonds. The molecule has 0 saturated carbocycles. The van der Waals surface area contributed by atoms with Gasteiger partial charge in [-0.2, -0.15) is 0 Å².